The molecule has 0 heterocycles. The summed E-state index contributed by atoms with van der Waals surface area (Å²) in [5.74, 6) is 7.09. The summed E-state index contributed by atoms with van der Waals surface area (Å²) < 4.78 is 10.6. The predicted octanol–water partition coefficient (Wildman–Crippen LogP) is 3.10. The van der Waals surface area contributed by atoms with Crippen LogP contribution in [0.3, 0.4) is 0 Å². The molecule has 0 aromatic heterocycles. The maximum absolute atomic E-state index is 6.23. The lowest BCUT2D eigenvalue weighted by Gasteiger charge is -2.18. The van der Waals surface area contributed by atoms with Gasteiger partial charge in [-0.2, -0.15) is 0 Å². The van der Waals surface area contributed by atoms with Gasteiger partial charge in [-0.1, -0.05) is 35.9 Å². The van der Waals surface area contributed by atoms with Gasteiger partial charge in [0.25, 0.3) is 0 Å². The van der Waals surface area contributed by atoms with Crippen LogP contribution in [0.4, 0.5) is 0 Å². The van der Waals surface area contributed by atoms with Crippen molar-refractivity contribution in [3.63, 3.8) is 0 Å². The highest BCUT2D eigenvalue weighted by Gasteiger charge is 2.15. The molecule has 5 heteroatoms. The lowest BCUT2D eigenvalue weighted by molar-refractivity contribution is 0.354. The smallest absolute Gasteiger partial charge is 0.160 e. The Morgan fingerprint density at radius 3 is 2.43 bits per heavy atom. The summed E-state index contributed by atoms with van der Waals surface area (Å²) in [4.78, 5) is 0. The van der Waals surface area contributed by atoms with E-state index < -0.39 is 0 Å². The van der Waals surface area contributed by atoms with Crippen LogP contribution in [-0.2, 0) is 6.42 Å². The minimum absolute atomic E-state index is 0.0724. The third-order valence-electron chi connectivity index (χ3n) is 3.37. The van der Waals surface area contributed by atoms with Gasteiger partial charge in [0.1, 0.15) is 0 Å². The van der Waals surface area contributed by atoms with Crippen LogP contribution >= 0.6 is 11.6 Å². The Hall–Kier alpha value is -1.75. The lowest BCUT2D eigenvalue weighted by atomic mass is 9.99. The first-order chi connectivity index (χ1) is 10.2. The van der Waals surface area contributed by atoms with Gasteiger partial charge >= 0.3 is 0 Å². The summed E-state index contributed by atoms with van der Waals surface area (Å²) in [6, 6.07) is 13.4. The lowest BCUT2D eigenvalue weighted by Crippen LogP contribution is -2.29. The molecule has 2 aromatic carbocycles. The van der Waals surface area contributed by atoms with Crippen LogP contribution in [0.1, 0.15) is 17.2 Å². The summed E-state index contributed by atoms with van der Waals surface area (Å²) in [6.45, 7) is 0. The zero-order valence-corrected chi connectivity index (χ0v) is 12.9. The zero-order valence-electron chi connectivity index (χ0n) is 12.1. The molecule has 0 spiro atoms. The fourth-order valence-corrected chi connectivity index (χ4v) is 2.53. The number of benzene rings is 2. The van der Waals surface area contributed by atoms with Crippen molar-refractivity contribution in [2.45, 2.75) is 12.5 Å². The minimum atomic E-state index is -0.0724. The van der Waals surface area contributed by atoms with Crippen molar-refractivity contribution in [2.24, 2.45) is 5.84 Å². The van der Waals surface area contributed by atoms with Crippen molar-refractivity contribution < 1.29 is 9.47 Å². The Morgan fingerprint density at radius 1 is 1.10 bits per heavy atom. The van der Waals surface area contributed by atoms with Crippen LogP contribution in [0.5, 0.6) is 11.5 Å². The molecule has 2 aromatic rings. The van der Waals surface area contributed by atoms with Crippen LogP contribution < -0.4 is 20.7 Å². The summed E-state index contributed by atoms with van der Waals surface area (Å²) in [6.07, 6.45) is 0.695. The Balaban J connectivity index is 2.25. The van der Waals surface area contributed by atoms with Crippen molar-refractivity contribution in [3.8, 4) is 11.5 Å². The highest BCUT2D eigenvalue weighted by atomic mass is 35.5. The third kappa shape index (κ3) is 3.67. The average molecular weight is 307 g/mol. The number of hydrogen-bond donors (Lipinski definition) is 2. The van der Waals surface area contributed by atoms with E-state index in [1.54, 1.807) is 14.2 Å². The molecule has 0 fully saturated rings. The van der Waals surface area contributed by atoms with E-state index in [0.29, 0.717) is 22.9 Å². The molecule has 1 unspecified atom stereocenters. The molecule has 0 aliphatic heterocycles. The molecule has 21 heavy (non-hydrogen) atoms. The number of rotatable bonds is 6. The summed E-state index contributed by atoms with van der Waals surface area (Å²) in [7, 11) is 3.24. The van der Waals surface area contributed by atoms with Gasteiger partial charge in [0.2, 0.25) is 0 Å². The van der Waals surface area contributed by atoms with Crippen LogP contribution in [0.2, 0.25) is 5.02 Å². The Kier molecular flexibility index (Phi) is 5.44. The van der Waals surface area contributed by atoms with Gasteiger partial charge in [-0.25, -0.2) is 0 Å². The van der Waals surface area contributed by atoms with E-state index in [9.17, 15) is 0 Å². The van der Waals surface area contributed by atoms with Crippen molar-refractivity contribution in [1.29, 1.82) is 0 Å². The monoisotopic (exact) mass is 306 g/mol. The number of nitrogens with two attached hydrogens (primary N) is 1. The molecule has 0 amide bonds. The van der Waals surface area contributed by atoms with Gasteiger partial charge in [-0.3, -0.25) is 11.3 Å². The van der Waals surface area contributed by atoms with Crippen molar-refractivity contribution in [2.75, 3.05) is 14.2 Å². The van der Waals surface area contributed by atoms with E-state index in [1.807, 2.05) is 42.5 Å². The first-order valence-corrected chi connectivity index (χ1v) is 6.98. The molecule has 112 valence electrons. The molecule has 3 N–H and O–H groups in total. The molecule has 1 atom stereocenters. The number of halogens is 1. The summed E-state index contributed by atoms with van der Waals surface area (Å²) >= 11 is 6.23. The van der Waals surface area contributed by atoms with Gasteiger partial charge < -0.3 is 9.47 Å². The fraction of sp³-hybridized carbons (Fsp3) is 0.250. The first-order valence-electron chi connectivity index (χ1n) is 6.61. The third-order valence-corrected chi connectivity index (χ3v) is 3.71. The Labute approximate surface area is 129 Å². The molecular weight excluding hydrogens is 288 g/mol. The normalized spacial score (nSPS) is 12.0. The quantitative estimate of drug-likeness (QED) is 0.636. The number of nitrogens with one attached hydrogen (secondary N) is 1. The van der Waals surface area contributed by atoms with Gasteiger partial charge in [-0.05, 0) is 35.7 Å². The van der Waals surface area contributed by atoms with E-state index in [2.05, 4.69) is 5.43 Å². The second-order valence-corrected chi connectivity index (χ2v) is 5.04. The van der Waals surface area contributed by atoms with Crippen molar-refractivity contribution >= 4 is 11.6 Å². The topological polar surface area (TPSA) is 56.5 Å². The highest BCUT2D eigenvalue weighted by Crippen LogP contribution is 2.30. The van der Waals surface area contributed by atoms with E-state index in [4.69, 9.17) is 26.9 Å². The van der Waals surface area contributed by atoms with Crippen molar-refractivity contribution in [1.82, 2.24) is 5.43 Å². The van der Waals surface area contributed by atoms with Crippen LogP contribution in [-0.4, -0.2) is 14.2 Å². The molecule has 0 aliphatic rings. The van der Waals surface area contributed by atoms with Crippen LogP contribution in [0.25, 0.3) is 0 Å². The molecule has 0 bridgehead atoms. The van der Waals surface area contributed by atoms with Gasteiger partial charge in [0.15, 0.2) is 11.5 Å². The molecule has 0 saturated heterocycles. The van der Waals surface area contributed by atoms with Crippen molar-refractivity contribution in [3.05, 3.63) is 58.6 Å². The molecule has 0 saturated carbocycles. The second-order valence-electron chi connectivity index (χ2n) is 4.63. The predicted molar refractivity (Wildman–Crippen MR) is 84.8 cm³/mol. The Morgan fingerprint density at radius 2 is 1.81 bits per heavy atom. The Bertz CT molecular complexity index is 605. The first kappa shape index (κ1) is 15.6. The number of hydrogen-bond acceptors (Lipinski definition) is 4. The van der Waals surface area contributed by atoms with Gasteiger partial charge in [-0.15, -0.1) is 0 Å². The van der Waals surface area contributed by atoms with E-state index in [-0.39, 0.29) is 6.04 Å². The number of hydrazine groups is 1. The van der Waals surface area contributed by atoms with Gasteiger partial charge in [0, 0.05) is 5.02 Å². The molecule has 4 nitrogen and oxygen atoms in total. The van der Waals surface area contributed by atoms with Gasteiger partial charge in [0.05, 0.1) is 20.3 Å². The molecule has 2 rings (SSSR count). The molecule has 0 aliphatic carbocycles. The largest absolute Gasteiger partial charge is 0.493 e. The molecule has 0 radical (unpaired) electrons. The molecular formula is C16H19ClN2O2. The number of ether oxygens (including phenoxy) is 2. The van der Waals surface area contributed by atoms with E-state index in [1.165, 1.54) is 0 Å². The van der Waals surface area contributed by atoms with Crippen LogP contribution in [0, 0.1) is 0 Å². The fourth-order valence-electron chi connectivity index (χ4n) is 2.26. The maximum Gasteiger partial charge on any atom is 0.160 e. The highest BCUT2D eigenvalue weighted by molar-refractivity contribution is 6.31. The van der Waals surface area contributed by atoms with Crippen LogP contribution in [0.15, 0.2) is 42.5 Å². The minimum Gasteiger partial charge on any atom is -0.493 e. The SMILES string of the molecule is COc1ccc(CC(NN)c2ccccc2Cl)cc1OC. The zero-order chi connectivity index (χ0) is 15.2. The van der Waals surface area contributed by atoms with E-state index in [0.717, 1.165) is 11.1 Å². The second kappa shape index (κ2) is 7.31. The maximum atomic E-state index is 6.23. The standard InChI is InChI=1S/C16H19ClN2O2/c1-20-15-8-7-11(10-16(15)21-2)9-14(19-18)12-5-3-4-6-13(12)17/h3-8,10,14,19H,9,18H2,1-2H3. The summed E-state index contributed by atoms with van der Waals surface area (Å²) in [5.41, 5.74) is 4.87. The van der Waals surface area contributed by atoms with E-state index >= 15 is 0 Å². The average Bonchev–Trinajstić information content (AvgIpc) is 2.53. The number of methoxy groups -OCH3 is 2. The summed E-state index contributed by atoms with van der Waals surface area (Å²) in [5, 5.41) is 0.695.